The van der Waals surface area contributed by atoms with Gasteiger partial charge in [0.1, 0.15) is 17.7 Å². The summed E-state index contributed by atoms with van der Waals surface area (Å²) in [6.07, 6.45) is 0.874. The van der Waals surface area contributed by atoms with Crippen LogP contribution < -0.4 is 5.32 Å². The van der Waals surface area contributed by atoms with Gasteiger partial charge < -0.3 is 19.4 Å². The molecule has 0 saturated carbocycles. The highest BCUT2D eigenvalue weighted by atomic mass is 35.5. The molecule has 0 saturated heterocycles. The molecule has 1 aromatic carbocycles. The number of furan rings is 1. The minimum absolute atomic E-state index is 0.0132. The van der Waals surface area contributed by atoms with Crippen LogP contribution in [0.5, 0.6) is 0 Å². The summed E-state index contributed by atoms with van der Waals surface area (Å²) < 4.78 is 7.22. The summed E-state index contributed by atoms with van der Waals surface area (Å²) in [5.74, 6) is 1.44. The molecule has 3 aromatic rings. The molecule has 2 heterocycles. The summed E-state index contributed by atoms with van der Waals surface area (Å²) in [4.78, 5) is 4.62. The second-order valence-corrected chi connectivity index (χ2v) is 5.76. The van der Waals surface area contributed by atoms with Crippen molar-refractivity contribution in [3.8, 4) is 0 Å². The van der Waals surface area contributed by atoms with Gasteiger partial charge in [-0.25, -0.2) is 4.98 Å². The molecule has 2 aromatic heterocycles. The summed E-state index contributed by atoms with van der Waals surface area (Å²) in [5, 5.41) is 14.0. The van der Waals surface area contributed by atoms with Crippen molar-refractivity contribution < 1.29 is 9.52 Å². The first kappa shape index (κ1) is 15.1. The van der Waals surface area contributed by atoms with Gasteiger partial charge in [0.2, 0.25) is 0 Å². The third-order valence-electron chi connectivity index (χ3n) is 3.75. The van der Waals surface area contributed by atoms with Gasteiger partial charge in [0.15, 0.2) is 0 Å². The van der Waals surface area contributed by atoms with Crippen molar-refractivity contribution in [2.45, 2.75) is 19.1 Å². The predicted octanol–water partition coefficient (Wildman–Crippen LogP) is 3.20. The van der Waals surface area contributed by atoms with Crippen LogP contribution >= 0.6 is 11.6 Å². The summed E-state index contributed by atoms with van der Waals surface area (Å²) in [6.45, 7) is 2.40. The van der Waals surface area contributed by atoms with Crippen LogP contribution in [0.1, 0.15) is 30.7 Å². The van der Waals surface area contributed by atoms with E-state index in [1.807, 2.05) is 36.7 Å². The van der Waals surface area contributed by atoms with Crippen molar-refractivity contribution in [3.63, 3.8) is 0 Å². The molecule has 0 fully saturated rings. The molecule has 0 spiro atoms. The normalized spacial score (nSPS) is 14.4. The van der Waals surface area contributed by atoms with Crippen LogP contribution in [0.3, 0.4) is 0 Å². The Balaban J connectivity index is 1.74. The number of rotatable bonds is 5. The molecule has 0 radical (unpaired) electrons. The Labute approximate surface area is 133 Å². The smallest absolute Gasteiger partial charge is 0.133 e. The Bertz CT molecular complexity index is 767. The first-order valence-corrected chi connectivity index (χ1v) is 7.51. The van der Waals surface area contributed by atoms with Gasteiger partial charge in [-0.3, -0.25) is 0 Å². The van der Waals surface area contributed by atoms with E-state index in [2.05, 4.69) is 10.3 Å². The summed E-state index contributed by atoms with van der Waals surface area (Å²) in [7, 11) is 1.97. The van der Waals surface area contributed by atoms with E-state index >= 15 is 0 Å². The van der Waals surface area contributed by atoms with Gasteiger partial charge in [0, 0.05) is 18.6 Å². The molecule has 0 amide bonds. The molecular formula is C16H18ClN3O2. The highest BCUT2D eigenvalue weighted by molar-refractivity contribution is 6.31. The Hall–Kier alpha value is -1.82. The minimum atomic E-state index is -0.679. The number of nitrogens with zero attached hydrogens (tertiary/aromatic N) is 2. The maximum Gasteiger partial charge on any atom is 0.133 e. The van der Waals surface area contributed by atoms with Crippen molar-refractivity contribution in [1.82, 2.24) is 14.9 Å². The van der Waals surface area contributed by atoms with E-state index in [0.29, 0.717) is 17.3 Å². The minimum Gasteiger partial charge on any atom is -0.467 e. The van der Waals surface area contributed by atoms with Gasteiger partial charge >= 0.3 is 0 Å². The van der Waals surface area contributed by atoms with Crippen LogP contribution in [-0.4, -0.2) is 21.2 Å². The van der Waals surface area contributed by atoms with Crippen LogP contribution in [0.2, 0.25) is 5.02 Å². The van der Waals surface area contributed by atoms with E-state index < -0.39 is 6.10 Å². The van der Waals surface area contributed by atoms with E-state index in [0.717, 1.165) is 16.9 Å². The first-order valence-electron chi connectivity index (χ1n) is 7.13. The predicted molar refractivity (Wildman–Crippen MR) is 85.8 cm³/mol. The van der Waals surface area contributed by atoms with Crippen LogP contribution in [0.4, 0.5) is 0 Å². The molecule has 2 N–H and O–H groups in total. The maximum absolute atomic E-state index is 10.0. The van der Waals surface area contributed by atoms with Crippen LogP contribution in [0, 0.1) is 0 Å². The first-order chi connectivity index (χ1) is 10.6. The van der Waals surface area contributed by atoms with E-state index in [-0.39, 0.29) is 6.04 Å². The molecule has 22 heavy (non-hydrogen) atoms. The van der Waals surface area contributed by atoms with Crippen molar-refractivity contribution in [2.75, 3.05) is 6.54 Å². The van der Waals surface area contributed by atoms with Crippen LogP contribution in [0.25, 0.3) is 11.0 Å². The number of aliphatic hydroxyl groups is 1. The number of hydrogen-bond acceptors (Lipinski definition) is 4. The standard InChI is InChI=1S/C16H18ClN3O2/c1-10(18-9-14(21)15-4-3-7-22-15)16-19-12-8-11(17)5-6-13(12)20(16)2/h3-8,10,14,18,21H,9H2,1-2H3/t10-,14+/m1/s1. The zero-order chi connectivity index (χ0) is 15.7. The second kappa shape index (κ2) is 6.12. The SMILES string of the molecule is C[C@@H](NC[C@H](O)c1ccco1)c1nc2cc(Cl)ccc2n1C. The summed E-state index contributed by atoms with van der Waals surface area (Å²) >= 11 is 6.01. The van der Waals surface area contributed by atoms with Crippen molar-refractivity contribution in [1.29, 1.82) is 0 Å². The van der Waals surface area contributed by atoms with Crippen molar-refractivity contribution in [3.05, 3.63) is 53.2 Å². The molecular weight excluding hydrogens is 302 g/mol. The van der Waals surface area contributed by atoms with E-state index in [4.69, 9.17) is 16.0 Å². The number of fused-ring (bicyclic) bond motifs is 1. The monoisotopic (exact) mass is 319 g/mol. The highest BCUT2D eigenvalue weighted by Gasteiger charge is 2.17. The highest BCUT2D eigenvalue weighted by Crippen LogP contribution is 2.23. The fourth-order valence-corrected chi connectivity index (χ4v) is 2.71. The molecule has 0 aliphatic carbocycles. The van der Waals surface area contributed by atoms with Gasteiger partial charge in [-0.05, 0) is 37.3 Å². The molecule has 3 rings (SSSR count). The molecule has 0 aliphatic heterocycles. The zero-order valence-electron chi connectivity index (χ0n) is 12.5. The Kier molecular flexibility index (Phi) is 4.20. The number of nitrogens with one attached hydrogen (secondary N) is 1. The van der Waals surface area contributed by atoms with Gasteiger partial charge in [0.25, 0.3) is 0 Å². The summed E-state index contributed by atoms with van der Waals surface area (Å²) in [5.41, 5.74) is 1.89. The Morgan fingerprint density at radius 3 is 2.95 bits per heavy atom. The molecule has 2 atom stereocenters. The third kappa shape index (κ3) is 2.88. The van der Waals surface area contributed by atoms with Gasteiger partial charge in [0.05, 0.1) is 23.3 Å². The number of benzene rings is 1. The second-order valence-electron chi connectivity index (χ2n) is 5.32. The van der Waals surface area contributed by atoms with E-state index in [9.17, 15) is 5.11 Å². The van der Waals surface area contributed by atoms with Crippen LogP contribution in [-0.2, 0) is 7.05 Å². The Morgan fingerprint density at radius 1 is 1.41 bits per heavy atom. The number of hydrogen-bond donors (Lipinski definition) is 2. The van der Waals surface area contributed by atoms with Gasteiger partial charge in [-0.2, -0.15) is 0 Å². The molecule has 116 valence electrons. The van der Waals surface area contributed by atoms with E-state index in [1.54, 1.807) is 18.4 Å². The zero-order valence-corrected chi connectivity index (χ0v) is 13.2. The van der Waals surface area contributed by atoms with Gasteiger partial charge in [-0.1, -0.05) is 11.6 Å². The summed E-state index contributed by atoms with van der Waals surface area (Å²) in [6, 6.07) is 9.17. The average Bonchev–Trinajstić information content (AvgIpc) is 3.13. The van der Waals surface area contributed by atoms with Crippen molar-refractivity contribution in [2.24, 2.45) is 7.05 Å². The third-order valence-corrected chi connectivity index (χ3v) is 3.99. The fraction of sp³-hybridized carbons (Fsp3) is 0.312. The van der Waals surface area contributed by atoms with Crippen molar-refractivity contribution >= 4 is 22.6 Å². The lowest BCUT2D eigenvalue weighted by atomic mass is 10.2. The molecule has 5 nitrogen and oxygen atoms in total. The topological polar surface area (TPSA) is 63.2 Å². The molecule has 0 aliphatic rings. The Morgan fingerprint density at radius 2 is 2.23 bits per heavy atom. The lowest BCUT2D eigenvalue weighted by Crippen LogP contribution is -2.26. The number of halogens is 1. The number of aromatic nitrogens is 2. The number of imidazole rings is 1. The van der Waals surface area contributed by atoms with Gasteiger partial charge in [-0.15, -0.1) is 0 Å². The molecule has 0 unspecified atom stereocenters. The maximum atomic E-state index is 10.0. The van der Waals surface area contributed by atoms with E-state index in [1.165, 1.54) is 0 Å². The molecule has 0 bridgehead atoms. The largest absolute Gasteiger partial charge is 0.467 e. The quantitative estimate of drug-likeness (QED) is 0.758. The van der Waals surface area contributed by atoms with Crippen LogP contribution in [0.15, 0.2) is 41.0 Å². The average molecular weight is 320 g/mol. The molecule has 6 heteroatoms. The lowest BCUT2D eigenvalue weighted by molar-refractivity contribution is 0.143. The number of aliphatic hydroxyl groups excluding tert-OH is 1. The number of aryl methyl sites for hydroxylation is 1. The fourth-order valence-electron chi connectivity index (χ4n) is 2.54. The lowest BCUT2D eigenvalue weighted by Gasteiger charge is -2.16.